The van der Waals surface area contributed by atoms with Gasteiger partial charge in [0, 0.05) is 19.6 Å². The highest BCUT2D eigenvalue weighted by Crippen LogP contribution is 2.33. The highest BCUT2D eigenvalue weighted by Gasteiger charge is 2.42. The molecule has 5 nitrogen and oxygen atoms in total. The summed E-state index contributed by atoms with van der Waals surface area (Å²) in [6.07, 6.45) is 2.22. The number of piperidine rings is 1. The van der Waals surface area contributed by atoms with E-state index in [4.69, 9.17) is 0 Å². The Labute approximate surface area is 186 Å². The van der Waals surface area contributed by atoms with Crippen molar-refractivity contribution in [3.05, 3.63) is 77.0 Å². The van der Waals surface area contributed by atoms with Crippen molar-refractivity contribution in [3.8, 4) is 0 Å². The molecular formula is C25H27F2N3O2. The van der Waals surface area contributed by atoms with E-state index in [1.807, 2.05) is 11.9 Å². The van der Waals surface area contributed by atoms with Crippen molar-refractivity contribution in [2.45, 2.75) is 25.3 Å². The first-order valence-corrected chi connectivity index (χ1v) is 10.9. The number of carbonyl (C=O) groups excluding carboxylic acids is 2. The molecule has 0 spiro atoms. The van der Waals surface area contributed by atoms with E-state index in [9.17, 15) is 18.4 Å². The molecular weight excluding hydrogens is 412 g/mol. The highest BCUT2D eigenvalue weighted by atomic mass is 19.1. The lowest BCUT2D eigenvalue weighted by molar-refractivity contribution is -0.137. The van der Waals surface area contributed by atoms with E-state index in [1.54, 1.807) is 24.3 Å². The molecule has 2 aromatic rings. The lowest BCUT2D eigenvalue weighted by atomic mass is 10.00. The molecule has 0 radical (unpaired) electrons. The molecule has 0 bridgehead atoms. The van der Waals surface area contributed by atoms with Gasteiger partial charge in [0.05, 0.1) is 5.57 Å². The average Bonchev–Trinajstić information content (AvgIpc) is 3.03. The van der Waals surface area contributed by atoms with E-state index in [0.29, 0.717) is 23.3 Å². The normalized spacial score (nSPS) is 18.1. The number of likely N-dealkylation sites (tertiary alicyclic amines) is 1. The van der Waals surface area contributed by atoms with E-state index in [1.165, 1.54) is 29.2 Å². The van der Waals surface area contributed by atoms with Gasteiger partial charge in [-0.25, -0.2) is 8.78 Å². The first-order chi connectivity index (χ1) is 15.3. The minimum atomic E-state index is -0.399. The Morgan fingerprint density at radius 3 is 2.06 bits per heavy atom. The average molecular weight is 440 g/mol. The molecule has 1 fully saturated rings. The number of halogens is 2. The fourth-order valence-electron chi connectivity index (χ4n) is 4.43. The predicted molar refractivity (Wildman–Crippen MR) is 118 cm³/mol. The maximum Gasteiger partial charge on any atom is 0.277 e. The van der Waals surface area contributed by atoms with E-state index < -0.39 is 5.82 Å². The number of rotatable bonds is 6. The van der Waals surface area contributed by atoms with Crippen molar-refractivity contribution in [1.29, 1.82) is 0 Å². The zero-order valence-corrected chi connectivity index (χ0v) is 18.4. The van der Waals surface area contributed by atoms with Gasteiger partial charge in [-0.1, -0.05) is 24.3 Å². The first kappa shape index (κ1) is 22.1. The number of imide groups is 1. The van der Waals surface area contributed by atoms with Crippen molar-refractivity contribution in [2.24, 2.45) is 0 Å². The van der Waals surface area contributed by atoms with Gasteiger partial charge >= 0.3 is 0 Å². The van der Waals surface area contributed by atoms with Crippen LogP contribution in [0.2, 0.25) is 0 Å². The van der Waals surface area contributed by atoms with Gasteiger partial charge in [0.25, 0.3) is 11.8 Å². The largest absolute Gasteiger partial charge is 0.366 e. The van der Waals surface area contributed by atoms with Gasteiger partial charge < -0.3 is 9.80 Å². The summed E-state index contributed by atoms with van der Waals surface area (Å²) < 4.78 is 26.7. The summed E-state index contributed by atoms with van der Waals surface area (Å²) in [6, 6.07) is 11.9. The third kappa shape index (κ3) is 4.43. The van der Waals surface area contributed by atoms with Crippen molar-refractivity contribution >= 4 is 17.4 Å². The van der Waals surface area contributed by atoms with Crippen LogP contribution >= 0.6 is 0 Å². The summed E-state index contributed by atoms with van der Waals surface area (Å²) in [5, 5.41) is 0. The fraction of sp³-hybridized carbons (Fsp3) is 0.360. The van der Waals surface area contributed by atoms with Gasteiger partial charge in [-0.05, 0) is 74.8 Å². The number of nitrogens with zero attached hydrogens (tertiary/aromatic N) is 3. The Morgan fingerprint density at radius 1 is 0.906 bits per heavy atom. The topological polar surface area (TPSA) is 43.9 Å². The van der Waals surface area contributed by atoms with Gasteiger partial charge in [-0.3, -0.25) is 14.5 Å². The van der Waals surface area contributed by atoms with Crippen LogP contribution in [0.15, 0.2) is 54.2 Å². The Hall–Kier alpha value is -3.06. The number of likely N-dealkylation sites (N-methyl/N-ethyl adjacent to an activating group) is 1. The second-order valence-electron chi connectivity index (χ2n) is 8.51. The number of hydrogen-bond acceptors (Lipinski definition) is 4. The molecule has 2 aromatic carbocycles. The Bertz CT molecular complexity index is 1030. The number of benzene rings is 2. The molecule has 0 saturated carbocycles. The monoisotopic (exact) mass is 439 g/mol. The molecule has 0 atom stereocenters. The maximum atomic E-state index is 13.5. The van der Waals surface area contributed by atoms with Crippen molar-refractivity contribution in [2.75, 3.05) is 33.7 Å². The third-order valence-corrected chi connectivity index (χ3v) is 6.40. The Morgan fingerprint density at radius 2 is 1.47 bits per heavy atom. The van der Waals surface area contributed by atoms with Gasteiger partial charge in [-0.2, -0.15) is 0 Å². The predicted octanol–water partition coefficient (Wildman–Crippen LogP) is 3.31. The molecule has 2 aliphatic rings. The SMILES string of the molecule is CN1CCC(N(C)C2=C(c3ccc(F)cc3)C(=O)N(CCc3ccc(F)cc3)C2=O)CC1. The summed E-state index contributed by atoms with van der Waals surface area (Å²) in [5.74, 6) is -1.44. The minimum Gasteiger partial charge on any atom is -0.366 e. The third-order valence-electron chi connectivity index (χ3n) is 6.40. The lowest BCUT2D eigenvalue weighted by Gasteiger charge is -2.36. The Balaban J connectivity index is 1.63. The molecule has 4 rings (SSSR count). The highest BCUT2D eigenvalue weighted by molar-refractivity contribution is 6.35. The fourth-order valence-corrected chi connectivity index (χ4v) is 4.43. The molecule has 0 N–H and O–H groups in total. The molecule has 7 heteroatoms. The maximum absolute atomic E-state index is 13.5. The Kier molecular flexibility index (Phi) is 6.37. The van der Waals surface area contributed by atoms with Crippen LogP contribution in [0.5, 0.6) is 0 Å². The molecule has 1 saturated heterocycles. The van der Waals surface area contributed by atoms with Gasteiger partial charge in [0.15, 0.2) is 0 Å². The van der Waals surface area contributed by atoms with Gasteiger partial charge in [-0.15, -0.1) is 0 Å². The molecule has 168 valence electrons. The number of carbonyl (C=O) groups is 2. The second kappa shape index (κ2) is 9.20. The molecule has 32 heavy (non-hydrogen) atoms. The van der Waals surface area contributed by atoms with Crippen LogP contribution in [-0.4, -0.2) is 66.3 Å². The van der Waals surface area contributed by atoms with Crippen LogP contribution in [0.4, 0.5) is 8.78 Å². The molecule has 0 aromatic heterocycles. The summed E-state index contributed by atoms with van der Waals surface area (Å²) in [4.78, 5) is 32.3. The zero-order chi connectivity index (χ0) is 22.8. The van der Waals surface area contributed by atoms with Crippen LogP contribution in [0.1, 0.15) is 24.0 Å². The number of hydrogen-bond donors (Lipinski definition) is 0. The second-order valence-corrected chi connectivity index (χ2v) is 8.51. The van der Waals surface area contributed by atoms with Gasteiger partial charge in [0.2, 0.25) is 0 Å². The van der Waals surface area contributed by atoms with E-state index in [2.05, 4.69) is 11.9 Å². The quantitative estimate of drug-likeness (QED) is 0.648. The smallest absolute Gasteiger partial charge is 0.277 e. The van der Waals surface area contributed by atoms with Crippen molar-refractivity contribution in [3.63, 3.8) is 0 Å². The molecule has 0 aliphatic carbocycles. The summed E-state index contributed by atoms with van der Waals surface area (Å²) in [5.41, 5.74) is 2.06. The lowest BCUT2D eigenvalue weighted by Crippen LogP contribution is -2.43. The molecule has 2 heterocycles. The van der Waals surface area contributed by atoms with Crippen LogP contribution in [0.25, 0.3) is 5.57 Å². The molecule has 2 aliphatic heterocycles. The zero-order valence-electron chi connectivity index (χ0n) is 18.4. The minimum absolute atomic E-state index is 0.144. The van der Waals surface area contributed by atoms with E-state index >= 15 is 0 Å². The van der Waals surface area contributed by atoms with Crippen LogP contribution in [-0.2, 0) is 16.0 Å². The van der Waals surface area contributed by atoms with Crippen molar-refractivity contribution in [1.82, 2.24) is 14.7 Å². The summed E-state index contributed by atoms with van der Waals surface area (Å²) >= 11 is 0. The standard InChI is InChI=1S/C25H27F2N3O2/c1-28-14-12-21(13-15-28)29(2)23-22(18-5-9-20(27)10-6-18)24(31)30(25(23)32)16-11-17-3-7-19(26)8-4-17/h3-10,21H,11-16H2,1-2H3. The van der Waals surface area contributed by atoms with E-state index in [0.717, 1.165) is 31.5 Å². The number of amides is 2. The van der Waals surface area contributed by atoms with Crippen LogP contribution in [0, 0.1) is 11.6 Å². The van der Waals surface area contributed by atoms with Gasteiger partial charge in [0.1, 0.15) is 17.3 Å². The first-order valence-electron chi connectivity index (χ1n) is 10.9. The van der Waals surface area contributed by atoms with Crippen molar-refractivity contribution < 1.29 is 18.4 Å². The van der Waals surface area contributed by atoms with Crippen LogP contribution < -0.4 is 0 Å². The molecule has 0 unspecified atom stereocenters. The van der Waals surface area contributed by atoms with E-state index in [-0.39, 0.29) is 30.2 Å². The molecule has 2 amide bonds. The summed E-state index contributed by atoms with van der Waals surface area (Å²) in [6.45, 7) is 2.04. The van der Waals surface area contributed by atoms with Crippen LogP contribution in [0.3, 0.4) is 0 Å². The summed E-state index contributed by atoms with van der Waals surface area (Å²) in [7, 11) is 3.93.